The molecule has 0 aliphatic carbocycles. The zero-order chi connectivity index (χ0) is 21.0. The predicted octanol–water partition coefficient (Wildman–Crippen LogP) is 4.21. The van der Waals surface area contributed by atoms with Crippen LogP contribution in [0.4, 0.5) is 5.69 Å². The van der Waals surface area contributed by atoms with Gasteiger partial charge in [0, 0.05) is 57.1 Å². The number of hydrogen-bond donors (Lipinski definition) is 0. The Morgan fingerprint density at radius 1 is 0.710 bits per heavy atom. The highest BCUT2D eigenvalue weighted by Crippen LogP contribution is 2.21. The van der Waals surface area contributed by atoms with Crippen LogP contribution in [0.15, 0.2) is 78.9 Å². The van der Waals surface area contributed by atoms with E-state index >= 15 is 0 Å². The monoisotopic (exact) mass is 411 g/mol. The third-order valence-corrected chi connectivity index (χ3v) is 6.52. The standard InChI is InChI=1S/C27H29N3O/c31-27(30-15-14-23-6-4-5-7-25(23)21-30)24-12-10-22(11-13-24)20-28-16-18-29(19-17-28)26-8-2-1-3-9-26/h1-13H,14-21H2. The molecule has 0 radical (unpaired) electrons. The second-order valence-corrected chi connectivity index (χ2v) is 8.54. The molecule has 4 nitrogen and oxygen atoms in total. The molecule has 1 amide bonds. The summed E-state index contributed by atoms with van der Waals surface area (Å²) in [4.78, 5) is 19.9. The molecule has 3 aromatic carbocycles. The number of hydrogen-bond acceptors (Lipinski definition) is 3. The van der Waals surface area contributed by atoms with Gasteiger partial charge in [0.15, 0.2) is 0 Å². The Hall–Kier alpha value is -3.11. The minimum Gasteiger partial charge on any atom is -0.369 e. The van der Waals surface area contributed by atoms with Crippen LogP contribution >= 0.6 is 0 Å². The first-order chi connectivity index (χ1) is 15.3. The number of carbonyl (C=O) groups is 1. The van der Waals surface area contributed by atoms with E-state index in [0.29, 0.717) is 6.54 Å². The fourth-order valence-corrected chi connectivity index (χ4v) is 4.67. The molecule has 2 aliphatic rings. The first kappa shape index (κ1) is 19.8. The van der Waals surface area contributed by atoms with Crippen LogP contribution in [0.25, 0.3) is 0 Å². The molecule has 1 fully saturated rings. The lowest BCUT2D eigenvalue weighted by Crippen LogP contribution is -2.45. The largest absolute Gasteiger partial charge is 0.369 e. The number of anilines is 1. The molecule has 0 atom stereocenters. The summed E-state index contributed by atoms with van der Waals surface area (Å²) in [6, 6.07) is 27.3. The van der Waals surface area contributed by atoms with Gasteiger partial charge in [-0.3, -0.25) is 9.69 Å². The van der Waals surface area contributed by atoms with Crippen molar-refractivity contribution in [2.45, 2.75) is 19.5 Å². The summed E-state index contributed by atoms with van der Waals surface area (Å²) >= 11 is 0. The molecule has 2 heterocycles. The van der Waals surface area contributed by atoms with Gasteiger partial charge >= 0.3 is 0 Å². The number of para-hydroxylation sites is 1. The minimum atomic E-state index is 0.137. The van der Waals surface area contributed by atoms with Crippen LogP contribution in [0.2, 0.25) is 0 Å². The van der Waals surface area contributed by atoms with E-state index in [4.69, 9.17) is 0 Å². The lowest BCUT2D eigenvalue weighted by molar-refractivity contribution is 0.0734. The lowest BCUT2D eigenvalue weighted by atomic mass is 9.99. The summed E-state index contributed by atoms with van der Waals surface area (Å²) in [5, 5.41) is 0. The lowest BCUT2D eigenvalue weighted by Gasteiger charge is -2.36. The van der Waals surface area contributed by atoms with E-state index in [2.05, 4.69) is 76.5 Å². The Morgan fingerprint density at radius 3 is 2.13 bits per heavy atom. The molecule has 0 spiro atoms. The van der Waals surface area contributed by atoms with Gasteiger partial charge < -0.3 is 9.80 Å². The molecule has 158 valence electrons. The molecular weight excluding hydrogens is 382 g/mol. The number of rotatable bonds is 4. The Bertz CT molecular complexity index is 1020. The van der Waals surface area contributed by atoms with E-state index < -0.39 is 0 Å². The van der Waals surface area contributed by atoms with E-state index in [1.807, 2.05) is 17.0 Å². The van der Waals surface area contributed by atoms with Crippen molar-refractivity contribution in [3.63, 3.8) is 0 Å². The number of carbonyl (C=O) groups excluding carboxylic acids is 1. The zero-order valence-corrected chi connectivity index (χ0v) is 17.9. The van der Waals surface area contributed by atoms with Gasteiger partial charge in [-0.05, 0) is 47.4 Å². The van der Waals surface area contributed by atoms with Crippen molar-refractivity contribution in [3.8, 4) is 0 Å². The van der Waals surface area contributed by atoms with E-state index in [1.54, 1.807) is 0 Å². The number of piperazine rings is 1. The fraction of sp³-hybridized carbons (Fsp3) is 0.296. The van der Waals surface area contributed by atoms with Crippen molar-refractivity contribution >= 4 is 11.6 Å². The van der Waals surface area contributed by atoms with Gasteiger partial charge in [-0.15, -0.1) is 0 Å². The van der Waals surface area contributed by atoms with Crippen molar-refractivity contribution < 1.29 is 4.79 Å². The predicted molar refractivity (Wildman–Crippen MR) is 125 cm³/mol. The molecule has 2 aliphatic heterocycles. The van der Waals surface area contributed by atoms with Gasteiger partial charge in [0.2, 0.25) is 0 Å². The van der Waals surface area contributed by atoms with E-state index in [1.165, 1.54) is 22.4 Å². The number of fused-ring (bicyclic) bond motifs is 1. The van der Waals surface area contributed by atoms with Gasteiger partial charge in [-0.25, -0.2) is 0 Å². The van der Waals surface area contributed by atoms with Crippen molar-refractivity contribution in [1.29, 1.82) is 0 Å². The van der Waals surface area contributed by atoms with Gasteiger partial charge in [0.25, 0.3) is 5.91 Å². The summed E-state index contributed by atoms with van der Waals surface area (Å²) in [7, 11) is 0. The molecule has 3 aromatic rings. The highest BCUT2D eigenvalue weighted by Gasteiger charge is 2.22. The van der Waals surface area contributed by atoms with Crippen LogP contribution in [0.1, 0.15) is 27.0 Å². The summed E-state index contributed by atoms with van der Waals surface area (Å²) < 4.78 is 0. The van der Waals surface area contributed by atoms with E-state index in [0.717, 1.165) is 51.3 Å². The zero-order valence-electron chi connectivity index (χ0n) is 17.9. The van der Waals surface area contributed by atoms with Crippen LogP contribution in [-0.2, 0) is 19.5 Å². The average Bonchev–Trinajstić information content (AvgIpc) is 2.85. The van der Waals surface area contributed by atoms with Crippen LogP contribution < -0.4 is 4.90 Å². The van der Waals surface area contributed by atoms with Gasteiger partial charge in [0.1, 0.15) is 0 Å². The maximum Gasteiger partial charge on any atom is 0.254 e. The summed E-state index contributed by atoms with van der Waals surface area (Å²) in [5.41, 5.74) is 6.01. The van der Waals surface area contributed by atoms with Crippen LogP contribution in [0.5, 0.6) is 0 Å². The normalized spacial score (nSPS) is 16.8. The minimum absolute atomic E-state index is 0.137. The van der Waals surface area contributed by atoms with E-state index in [-0.39, 0.29) is 5.91 Å². The summed E-state index contributed by atoms with van der Waals surface area (Å²) in [6.45, 7) is 6.67. The van der Waals surface area contributed by atoms with Gasteiger partial charge in [-0.2, -0.15) is 0 Å². The number of benzene rings is 3. The van der Waals surface area contributed by atoms with Crippen LogP contribution in [-0.4, -0.2) is 48.4 Å². The molecule has 0 N–H and O–H groups in total. The molecule has 0 aromatic heterocycles. The van der Waals surface area contributed by atoms with Crippen LogP contribution in [0.3, 0.4) is 0 Å². The van der Waals surface area contributed by atoms with Crippen molar-refractivity contribution in [1.82, 2.24) is 9.80 Å². The third kappa shape index (κ3) is 4.49. The SMILES string of the molecule is O=C(c1ccc(CN2CCN(c3ccccc3)CC2)cc1)N1CCc2ccccc2C1. The fourth-order valence-electron chi connectivity index (χ4n) is 4.67. The Balaban J connectivity index is 1.16. The van der Waals surface area contributed by atoms with Crippen molar-refractivity contribution in [2.75, 3.05) is 37.6 Å². The molecule has 5 rings (SSSR count). The Morgan fingerprint density at radius 2 is 1.39 bits per heavy atom. The quantitative estimate of drug-likeness (QED) is 0.644. The van der Waals surface area contributed by atoms with E-state index in [9.17, 15) is 4.79 Å². The van der Waals surface area contributed by atoms with Crippen molar-refractivity contribution in [3.05, 3.63) is 101 Å². The molecular formula is C27H29N3O. The van der Waals surface area contributed by atoms with Gasteiger partial charge in [-0.1, -0.05) is 54.6 Å². The third-order valence-electron chi connectivity index (χ3n) is 6.52. The average molecular weight is 412 g/mol. The first-order valence-electron chi connectivity index (χ1n) is 11.2. The molecule has 31 heavy (non-hydrogen) atoms. The maximum absolute atomic E-state index is 13.0. The van der Waals surface area contributed by atoms with Gasteiger partial charge in [0.05, 0.1) is 0 Å². The molecule has 1 saturated heterocycles. The molecule has 4 heteroatoms. The highest BCUT2D eigenvalue weighted by atomic mass is 16.2. The number of nitrogens with zero attached hydrogens (tertiary/aromatic N) is 3. The summed E-state index contributed by atoms with van der Waals surface area (Å²) in [6.07, 6.45) is 0.939. The maximum atomic E-state index is 13.0. The molecule has 0 bridgehead atoms. The smallest absolute Gasteiger partial charge is 0.254 e. The summed E-state index contributed by atoms with van der Waals surface area (Å²) in [5.74, 6) is 0.137. The second kappa shape index (κ2) is 8.94. The topological polar surface area (TPSA) is 26.8 Å². The Labute approximate surface area is 184 Å². The molecule has 0 unspecified atom stereocenters. The van der Waals surface area contributed by atoms with Crippen molar-refractivity contribution in [2.24, 2.45) is 0 Å². The molecule has 0 saturated carbocycles. The number of amides is 1. The first-order valence-corrected chi connectivity index (χ1v) is 11.2. The highest BCUT2D eigenvalue weighted by molar-refractivity contribution is 5.94. The second-order valence-electron chi connectivity index (χ2n) is 8.54. The Kier molecular flexibility index (Phi) is 5.72. The van der Waals surface area contributed by atoms with Crippen LogP contribution in [0, 0.1) is 0 Å².